The summed E-state index contributed by atoms with van der Waals surface area (Å²) in [5.74, 6) is -1.88. The van der Waals surface area contributed by atoms with Crippen LogP contribution in [0.5, 0.6) is 5.75 Å². The van der Waals surface area contributed by atoms with Crippen molar-refractivity contribution in [2.45, 2.75) is 25.9 Å². The van der Waals surface area contributed by atoms with Gasteiger partial charge in [-0.25, -0.2) is 9.18 Å². The molecule has 0 bridgehead atoms. The quantitative estimate of drug-likeness (QED) is 0.390. The number of ether oxygens (including phenoxy) is 1. The minimum atomic E-state index is -4.74. The number of esters is 1. The molecule has 0 saturated heterocycles. The summed E-state index contributed by atoms with van der Waals surface area (Å²) in [5.41, 5.74) is 1.21. The number of halogens is 4. The van der Waals surface area contributed by atoms with Gasteiger partial charge < -0.3 is 4.74 Å². The molecule has 25 heavy (non-hydrogen) atoms. The van der Waals surface area contributed by atoms with Crippen LogP contribution in [0.2, 0.25) is 0 Å². The van der Waals surface area contributed by atoms with Crippen molar-refractivity contribution in [3.8, 4) is 5.75 Å². The second kappa shape index (κ2) is 7.96. The van der Waals surface area contributed by atoms with Crippen molar-refractivity contribution in [1.82, 2.24) is 0 Å². The van der Waals surface area contributed by atoms with Crippen LogP contribution in [0.15, 0.2) is 54.6 Å². The average molecular weight is 352 g/mol. The van der Waals surface area contributed by atoms with E-state index in [1.165, 1.54) is 12.1 Å². The van der Waals surface area contributed by atoms with Crippen molar-refractivity contribution < 1.29 is 27.1 Å². The number of benzene rings is 2. The van der Waals surface area contributed by atoms with Gasteiger partial charge in [0.25, 0.3) is 0 Å². The van der Waals surface area contributed by atoms with Crippen LogP contribution in [0.25, 0.3) is 5.83 Å². The summed E-state index contributed by atoms with van der Waals surface area (Å²) < 4.78 is 54.9. The lowest BCUT2D eigenvalue weighted by Crippen LogP contribution is -2.08. The monoisotopic (exact) mass is 352 g/mol. The van der Waals surface area contributed by atoms with Gasteiger partial charge in [-0.2, -0.15) is 13.2 Å². The third-order valence-corrected chi connectivity index (χ3v) is 3.36. The van der Waals surface area contributed by atoms with Crippen molar-refractivity contribution in [3.05, 3.63) is 71.3 Å². The Labute approximate surface area is 142 Å². The molecule has 0 heterocycles. The summed E-state index contributed by atoms with van der Waals surface area (Å²) in [4.78, 5) is 12.0. The summed E-state index contributed by atoms with van der Waals surface area (Å²) in [6.07, 6.45) is -3.26. The highest BCUT2D eigenvalue weighted by atomic mass is 19.4. The first kappa shape index (κ1) is 18.7. The normalized spacial score (nSPS) is 12.1. The van der Waals surface area contributed by atoms with E-state index in [9.17, 15) is 22.4 Å². The largest absolute Gasteiger partial charge is 0.423 e. The van der Waals surface area contributed by atoms with Crippen LogP contribution in [0.1, 0.15) is 34.8 Å². The van der Waals surface area contributed by atoms with Gasteiger partial charge in [0.1, 0.15) is 11.6 Å². The van der Waals surface area contributed by atoms with Crippen molar-refractivity contribution >= 4 is 11.8 Å². The minimum Gasteiger partial charge on any atom is -0.423 e. The van der Waals surface area contributed by atoms with E-state index >= 15 is 0 Å². The molecule has 0 spiro atoms. The lowest BCUT2D eigenvalue weighted by Gasteiger charge is -2.06. The Bertz CT molecular complexity index is 744. The fraction of sp³-hybridized carbons (Fsp3) is 0.211. The number of rotatable bonds is 5. The number of alkyl halides is 3. The van der Waals surface area contributed by atoms with E-state index in [1.54, 1.807) is 12.1 Å². The third kappa shape index (κ3) is 5.74. The number of aryl methyl sites for hydroxylation is 1. The Hall–Kier alpha value is -2.63. The highest BCUT2D eigenvalue weighted by Crippen LogP contribution is 2.26. The lowest BCUT2D eigenvalue weighted by atomic mass is 10.1. The molecule has 132 valence electrons. The molecule has 0 amide bonds. The van der Waals surface area contributed by atoms with Gasteiger partial charge in [0.15, 0.2) is 0 Å². The third-order valence-electron chi connectivity index (χ3n) is 3.36. The van der Waals surface area contributed by atoms with E-state index in [1.807, 2.05) is 12.1 Å². The molecule has 2 rings (SSSR count). The van der Waals surface area contributed by atoms with Crippen LogP contribution in [0, 0.1) is 0 Å². The number of carbonyl (C=O) groups excluding carboxylic acids is 1. The Morgan fingerprint density at radius 3 is 2.08 bits per heavy atom. The fourth-order valence-corrected chi connectivity index (χ4v) is 2.17. The Kier molecular flexibility index (Phi) is 5.96. The maximum Gasteiger partial charge on any atom is 0.412 e. The zero-order valence-corrected chi connectivity index (χ0v) is 13.4. The van der Waals surface area contributed by atoms with E-state index in [-0.39, 0.29) is 11.3 Å². The van der Waals surface area contributed by atoms with Crippen LogP contribution in [0.4, 0.5) is 17.6 Å². The zero-order chi connectivity index (χ0) is 18.4. The maximum absolute atomic E-state index is 13.4. The summed E-state index contributed by atoms with van der Waals surface area (Å²) in [5, 5.41) is 0. The number of allylic oxidation sites excluding steroid dienone is 1. The van der Waals surface area contributed by atoms with Crippen molar-refractivity contribution in [2.24, 2.45) is 0 Å². The molecule has 0 aliphatic rings. The maximum atomic E-state index is 13.4. The first-order valence-electron chi connectivity index (χ1n) is 7.65. The van der Waals surface area contributed by atoms with Crippen molar-refractivity contribution in [2.75, 3.05) is 0 Å². The first-order valence-corrected chi connectivity index (χ1v) is 7.65. The van der Waals surface area contributed by atoms with E-state index < -0.39 is 24.0 Å². The van der Waals surface area contributed by atoms with Gasteiger partial charge in [0, 0.05) is 5.56 Å². The number of hydrogen-bond donors (Lipinski definition) is 0. The molecule has 2 aromatic rings. The average Bonchev–Trinajstić information content (AvgIpc) is 2.55. The van der Waals surface area contributed by atoms with Gasteiger partial charge in [0.2, 0.25) is 0 Å². The molecule has 0 unspecified atom stereocenters. The lowest BCUT2D eigenvalue weighted by molar-refractivity contribution is -0.0798. The summed E-state index contributed by atoms with van der Waals surface area (Å²) in [6.45, 7) is 2.05. The van der Waals surface area contributed by atoms with Crippen LogP contribution in [-0.2, 0) is 6.42 Å². The zero-order valence-electron chi connectivity index (χ0n) is 13.4. The molecule has 0 N–H and O–H groups in total. The molecule has 0 aromatic heterocycles. The van der Waals surface area contributed by atoms with Crippen LogP contribution in [-0.4, -0.2) is 12.1 Å². The first-order chi connectivity index (χ1) is 11.8. The minimum absolute atomic E-state index is 0.117. The van der Waals surface area contributed by atoms with Gasteiger partial charge in [-0.3, -0.25) is 0 Å². The molecular weight excluding hydrogens is 336 g/mol. The van der Waals surface area contributed by atoms with E-state index in [4.69, 9.17) is 4.74 Å². The molecular formula is C19H16F4O2. The summed E-state index contributed by atoms with van der Waals surface area (Å²) in [7, 11) is 0. The molecule has 2 aromatic carbocycles. The highest BCUT2D eigenvalue weighted by Gasteiger charge is 2.25. The van der Waals surface area contributed by atoms with Crippen LogP contribution >= 0.6 is 0 Å². The van der Waals surface area contributed by atoms with Crippen LogP contribution in [0.3, 0.4) is 0 Å². The SMILES string of the molecule is CCCc1ccc(C(=O)Oc2ccc(/C(F)=C/C(F)(F)F)cc2)cc1. The van der Waals surface area contributed by atoms with Gasteiger partial charge in [-0.15, -0.1) is 0 Å². The molecule has 0 fully saturated rings. The smallest absolute Gasteiger partial charge is 0.412 e. The molecule has 0 aliphatic carbocycles. The molecule has 0 radical (unpaired) electrons. The topological polar surface area (TPSA) is 26.3 Å². The van der Waals surface area contributed by atoms with Crippen molar-refractivity contribution in [3.63, 3.8) is 0 Å². The van der Waals surface area contributed by atoms with Gasteiger partial charge in [-0.1, -0.05) is 25.5 Å². The van der Waals surface area contributed by atoms with Gasteiger partial charge >= 0.3 is 12.1 Å². The number of carbonyl (C=O) groups is 1. The standard InChI is InChI=1S/C19H16F4O2/c1-2-3-13-4-6-15(7-5-13)18(24)25-16-10-8-14(9-11-16)17(20)12-19(21,22)23/h4-12H,2-3H2,1H3/b17-12-. The second-order valence-electron chi connectivity index (χ2n) is 5.39. The molecule has 2 nitrogen and oxygen atoms in total. The molecule has 0 saturated carbocycles. The predicted molar refractivity (Wildman–Crippen MR) is 87.0 cm³/mol. The Balaban J connectivity index is 2.05. The highest BCUT2D eigenvalue weighted by molar-refractivity contribution is 5.91. The Morgan fingerprint density at radius 2 is 1.56 bits per heavy atom. The van der Waals surface area contributed by atoms with Gasteiger partial charge in [0.05, 0.1) is 11.6 Å². The number of hydrogen-bond acceptors (Lipinski definition) is 2. The predicted octanol–water partition coefficient (Wildman–Crippen LogP) is 5.73. The van der Waals surface area contributed by atoms with E-state index in [2.05, 4.69) is 6.92 Å². The summed E-state index contributed by atoms with van der Waals surface area (Å²) >= 11 is 0. The van der Waals surface area contributed by atoms with Gasteiger partial charge in [-0.05, 0) is 48.4 Å². The molecule has 0 aliphatic heterocycles. The van der Waals surface area contributed by atoms with E-state index in [0.717, 1.165) is 30.5 Å². The van der Waals surface area contributed by atoms with Crippen molar-refractivity contribution in [1.29, 1.82) is 0 Å². The fourth-order valence-electron chi connectivity index (χ4n) is 2.17. The molecule has 0 atom stereocenters. The summed E-state index contributed by atoms with van der Waals surface area (Å²) in [6, 6.07) is 11.7. The Morgan fingerprint density at radius 1 is 1.00 bits per heavy atom. The van der Waals surface area contributed by atoms with E-state index in [0.29, 0.717) is 5.56 Å². The molecule has 6 heteroatoms. The second-order valence-corrected chi connectivity index (χ2v) is 5.39. The van der Waals surface area contributed by atoms with Crippen LogP contribution < -0.4 is 4.74 Å².